The summed E-state index contributed by atoms with van der Waals surface area (Å²) in [6.45, 7) is 2.64. The van der Waals surface area contributed by atoms with Crippen LogP contribution in [0, 0.1) is 5.41 Å². The second-order valence-electron chi connectivity index (χ2n) is 5.43. The summed E-state index contributed by atoms with van der Waals surface area (Å²) in [4.78, 5) is 12.0. The van der Waals surface area contributed by atoms with Gasteiger partial charge in [0.25, 0.3) is 0 Å². The van der Waals surface area contributed by atoms with Gasteiger partial charge in [-0.25, -0.2) is 0 Å². The van der Waals surface area contributed by atoms with E-state index in [0.29, 0.717) is 13.0 Å². The maximum atomic E-state index is 12.0. The highest BCUT2D eigenvalue weighted by molar-refractivity contribution is 5.77. The SMILES string of the molecule is C[C@H](NC(=O)CC1(CN)CCC1)c1ccccc1. The van der Waals surface area contributed by atoms with Crippen LogP contribution in [0.5, 0.6) is 0 Å². The predicted molar refractivity (Wildman–Crippen MR) is 73.0 cm³/mol. The third-order valence-electron chi connectivity index (χ3n) is 4.06. The maximum absolute atomic E-state index is 12.0. The molecule has 3 N–H and O–H groups in total. The smallest absolute Gasteiger partial charge is 0.221 e. The minimum atomic E-state index is 0.0635. The molecule has 1 saturated carbocycles. The predicted octanol–water partition coefficient (Wildman–Crippen LogP) is 2.38. The molecule has 1 amide bonds. The number of nitrogens with two attached hydrogens (primary N) is 1. The molecule has 0 spiro atoms. The third-order valence-corrected chi connectivity index (χ3v) is 4.06. The van der Waals surface area contributed by atoms with Crippen LogP contribution in [-0.4, -0.2) is 12.5 Å². The van der Waals surface area contributed by atoms with Crippen LogP contribution in [0.2, 0.25) is 0 Å². The van der Waals surface area contributed by atoms with Crippen LogP contribution < -0.4 is 11.1 Å². The Morgan fingerprint density at radius 2 is 2.06 bits per heavy atom. The van der Waals surface area contributed by atoms with Crippen molar-refractivity contribution in [3.63, 3.8) is 0 Å². The Hall–Kier alpha value is -1.35. The van der Waals surface area contributed by atoms with Crippen molar-refractivity contribution in [3.8, 4) is 0 Å². The molecule has 1 aliphatic rings. The fourth-order valence-electron chi connectivity index (χ4n) is 2.59. The van der Waals surface area contributed by atoms with Crippen LogP contribution in [0.4, 0.5) is 0 Å². The summed E-state index contributed by atoms with van der Waals surface area (Å²) in [7, 11) is 0. The van der Waals surface area contributed by atoms with Crippen molar-refractivity contribution in [1.29, 1.82) is 0 Å². The second kappa shape index (κ2) is 5.53. The standard InChI is InChI=1S/C15H22N2O/c1-12(13-6-3-2-4-7-13)17-14(18)10-15(11-16)8-5-9-15/h2-4,6-7,12H,5,8-11,16H2,1H3,(H,17,18)/t12-/m0/s1. The van der Waals surface area contributed by atoms with Crippen LogP contribution in [0.25, 0.3) is 0 Å². The lowest BCUT2D eigenvalue weighted by atomic mass is 9.66. The molecule has 1 atom stereocenters. The molecule has 0 bridgehead atoms. The Bertz CT molecular complexity index is 393. The highest BCUT2D eigenvalue weighted by atomic mass is 16.1. The van der Waals surface area contributed by atoms with Gasteiger partial charge in [-0.2, -0.15) is 0 Å². The first-order chi connectivity index (χ1) is 8.65. The highest BCUT2D eigenvalue weighted by Gasteiger charge is 2.37. The van der Waals surface area contributed by atoms with Gasteiger partial charge in [0.1, 0.15) is 0 Å². The fourth-order valence-corrected chi connectivity index (χ4v) is 2.59. The Morgan fingerprint density at radius 3 is 2.56 bits per heavy atom. The Labute approximate surface area is 109 Å². The minimum absolute atomic E-state index is 0.0635. The zero-order valence-corrected chi connectivity index (χ0v) is 11.0. The molecule has 0 heterocycles. The van der Waals surface area contributed by atoms with Crippen LogP contribution >= 0.6 is 0 Å². The van der Waals surface area contributed by atoms with E-state index < -0.39 is 0 Å². The number of benzene rings is 1. The van der Waals surface area contributed by atoms with Gasteiger partial charge in [-0.1, -0.05) is 36.8 Å². The van der Waals surface area contributed by atoms with Gasteiger partial charge in [-0.05, 0) is 37.3 Å². The summed E-state index contributed by atoms with van der Waals surface area (Å²) in [5.41, 5.74) is 7.00. The van der Waals surface area contributed by atoms with Gasteiger partial charge < -0.3 is 11.1 Å². The molecule has 1 aliphatic carbocycles. The zero-order valence-electron chi connectivity index (χ0n) is 11.0. The summed E-state index contributed by atoms with van der Waals surface area (Å²) in [6.07, 6.45) is 3.96. The normalized spacial score (nSPS) is 18.8. The quantitative estimate of drug-likeness (QED) is 0.838. The Kier molecular flexibility index (Phi) is 4.02. The van der Waals surface area contributed by atoms with Gasteiger partial charge in [0, 0.05) is 6.42 Å². The van der Waals surface area contributed by atoms with Gasteiger partial charge in [0.05, 0.1) is 6.04 Å². The topological polar surface area (TPSA) is 55.1 Å². The van der Waals surface area contributed by atoms with E-state index in [-0.39, 0.29) is 17.4 Å². The number of carbonyl (C=O) groups excluding carboxylic acids is 1. The lowest BCUT2D eigenvalue weighted by Crippen LogP contribution is -2.42. The minimum Gasteiger partial charge on any atom is -0.350 e. The molecular formula is C15H22N2O. The fraction of sp³-hybridized carbons (Fsp3) is 0.533. The monoisotopic (exact) mass is 246 g/mol. The number of hydrogen-bond donors (Lipinski definition) is 2. The molecule has 0 unspecified atom stereocenters. The molecule has 2 rings (SSSR count). The number of amides is 1. The van der Waals surface area contributed by atoms with Crippen molar-refractivity contribution < 1.29 is 4.79 Å². The number of rotatable bonds is 5. The van der Waals surface area contributed by atoms with Gasteiger partial charge in [-0.3, -0.25) is 4.79 Å². The van der Waals surface area contributed by atoms with E-state index in [4.69, 9.17) is 5.73 Å². The van der Waals surface area contributed by atoms with E-state index in [0.717, 1.165) is 18.4 Å². The van der Waals surface area contributed by atoms with Crippen LogP contribution in [-0.2, 0) is 4.79 Å². The summed E-state index contributed by atoms with van der Waals surface area (Å²) in [6, 6.07) is 10.1. The summed E-state index contributed by atoms with van der Waals surface area (Å²) >= 11 is 0. The summed E-state index contributed by atoms with van der Waals surface area (Å²) < 4.78 is 0. The molecule has 98 valence electrons. The molecule has 3 heteroatoms. The molecule has 0 aromatic heterocycles. The van der Waals surface area contributed by atoms with Crippen molar-refractivity contribution in [3.05, 3.63) is 35.9 Å². The molecule has 1 fully saturated rings. The van der Waals surface area contributed by atoms with Gasteiger partial charge in [-0.15, -0.1) is 0 Å². The van der Waals surface area contributed by atoms with E-state index in [1.807, 2.05) is 37.3 Å². The Balaban J connectivity index is 1.88. The van der Waals surface area contributed by atoms with Crippen molar-refractivity contribution in [2.45, 2.75) is 38.6 Å². The van der Waals surface area contributed by atoms with Crippen LogP contribution in [0.15, 0.2) is 30.3 Å². The lowest BCUT2D eigenvalue weighted by molar-refractivity contribution is -0.125. The number of carbonyl (C=O) groups is 1. The van der Waals surface area contributed by atoms with Crippen molar-refractivity contribution in [2.24, 2.45) is 11.1 Å². The average molecular weight is 246 g/mol. The lowest BCUT2D eigenvalue weighted by Gasteiger charge is -2.40. The molecule has 1 aromatic rings. The molecule has 1 aromatic carbocycles. The Morgan fingerprint density at radius 1 is 1.39 bits per heavy atom. The molecule has 3 nitrogen and oxygen atoms in total. The van der Waals surface area contributed by atoms with Crippen molar-refractivity contribution in [1.82, 2.24) is 5.32 Å². The van der Waals surface area contributed by atoms with Crippen molar-refractivity contribution in [2.75, 3.05) is 6.54 Å². The van der Waals surface area contributed by atoms with Crippen molar-refractivity contribution >= 4 is 5.91 Å². The van der Waals surface area contributed by atoms with E-state index in [9.17, 15) is 4.79 Å². The number of nitrogens with one attached hydrogen (secondary N) is 1. The van der Waals surface area contributed by atoms with Gasteiger partial charge in [0.15, 0.2) is 0 Å². The van der Waals surface area contributed by atoms with Crippen LogP contribution in [0.3, 0.4) is 0 Å². The molecule has 0 radical (unpaired) electrons. The first-order valence-electron chi connectivity index (χ1n) is 6.70. The van der Waals surface area contributed by atoms with E-state index in [2.05, 4.69) is 5.32 Å². The van der Waals surface area contributed by atoms with Gasteiger partial charge in [0.2, 0.25) is 5.91 Å². The van der Waals surface area contributed by atoms with E-state index in [1.165, 1.54) is 6.42 Å². The summed E-state index contributed by atoms with van der Waals surface area (Å²) in [5, 5.41) is 3.06. The molecule has 0 saturated heterocycles. The zero-order chi connectivity index (χ0) is 13.0. The number of hydrogen-bond acceptors (Lipinski definition) is 2. The highest BCUT2D eigenvalue weighted by Crippen LogP contribution is 2.42. The average Bonchev–Trinajstić information content (AvgIpc) is 2.35. The second-order valence-corrected chi connectivity index (χ2v) is 5.43. The molecule has 18 heavy (non-hydrogen) atoms. The first-order valence-corrected chi connectivity index (χ1v) is 6.70. The van der Waals surface area contributed by atoms with Gasteiger partial charge >= 0.3 is 0 Å². The third kappa shape index (κ3) is 2.91. The maximum Gasteiger partial charge on any atom is 0.221 e. The summed E-state index contributed by atoms with van der Waals surface area (Å²) in [5.74, 6) is 0.122. The van der Waals surface area contributed by atoms with E-state index >= 15 is 0 Å². The molecule has 0 aliphatic heterocycles. The van der Waals surface area contributed by atoms with E-state index in [1.54, 1.807) is 0 Å². The first kappa shape index (κ1) is 13.1. The van der Waals surface area contributed by atoms with Crippen LogP contribution in [0.1, 0.15) is 44.2 Å². The molecular weight excluding hydrogens is 224 g/mol. The largest absolute Gasteiger partial charge is 0.350 e.